The first-order chi connectivity index (χ1) is 1.41. The Labute approximate surface area is 64.9 Å². The monoisotopic (exact) mass is 119 g/mol. The van der Waals surface area contributed by atoms with Crippen molar-refractivity contribution in [2.75, 3.05) is 0 Å². The summed E-state index contributed by atoms with van der Waals surface area (Å²) in [6.07, 6.45) is 0. The number of hydrogen-bond donors (Lipinski definition) is 1. The van der Waals surface area contributed by atoms with Crippen molar-refractivity contribution < 1.29 is 0 Å². The molecule has 0 amide bonds. The zero-order valence-corrected chi connectivity index (χ0v) is 3.51. The number of nitrogens with zero attached hydrogens (tertiary/aromatic N) is 1. The Morgan fingerprint density at radius 2 is 1.60 bits per heavy atom. The molecule has 0 atom stereocenters. The van der Waals surface area contributed by atoms with Crippen molar-refractivity contribution in [1.82, 2.24) is 0 Å². The summed E-state index contributed by atoms with van der Waals surface area (Å²) in [5, 5.41) is 8.63. The van der Waals surface area contributed by atoms with Gasteiger partial charge in [-0.25, -0.2) is 0 Å². The maximum atomic E-state index is 7.18. The number of halogens is 1. The Bertz CT molecular complexity index is 33.1. The van der Waals surface area contributed by atoms with Gasteiger partial charge in [0.05, 0.1) is 0 Å². The molecule has 0 aromatic carbocycles. The Kier molecular flexibility index (Phi) is 63.5. The molecule has 0 N–H and O–H groups in total. The van der Waals surface area contributed by atoms with Crippen LogP contribution >= 0.6 is 25.0 Å². The molecule has 0 aliphatic carbocycles. The predicted octanol–water partition coefficient (Wildman–Crippen LogP) is 0.171. The van der Waals surface area contributed by atoms with Gasteiger partial charge in [0.15, 0.2) is 0 Å². The Morgan fingerprint density at radius 3 is 1.60 bits per heavy atom. The van der Waals surface area contributed by atoms with Gasteiger partial charge in [0.2, 0.25) is 0 Å². The molecule has 0 heterocycles. The normalized spacial score (nSPS) is 1.60. The Morgan fingerprint density at radius 1 is 1.60 bits per heavy atom. The van der Waals surface area contributed by atoms with E-state index in [2.05, 4.69) is 12.6 Å². The second-order valence-corrected chi connectivity index (χ2v) is 0.300. The van der Waals surface area contributed by atoms with Gasteiger partial charge in [0, 0.05) is 0 Å². The van der Waals surface area contributed by atoms with E-state index >= 15 is 0 Å². The fraction of sp³-hybridized carbons (Fsp3) is 0. The van der Waals surface area contributed by atoms with Crippen LogP contribution in [0, 0.1) is 10.7 Å². The fourth-order valence-electron chi connectivity index (χ4n) is 0. The van der Waals surface area contributed by atoms with Crippen molar-refractivity contribution in [3.05, 3.63) is 0 Å². The van der Waals surface area contributed by atoms with E-state index in [0.717, 1.165) is 0 Å². The Balaban J connectivity index is -0.0000000200. The maximum absolute atomic E-state index is 7.18. The topological polar surface area (TPSA) is 23.8 Å². The van der Waals surface area contributed by atoms with Crippen LogP contribution < -0.4 is 0 Å². The average Bonchev–Trinajstić information content (AvgIpc) is 0.918. The van der Waals surface area contributed by atoms with E-state index in [-0.39, 0.29) is 42.0 Å². The van der Waals surface area contributed by atoms with Gasteiger partial charge in [-0.2, -0.15) is 5.26 Å². The van der Waals surface area contributed by atoms with Gasteiger partial charge in [-0.15, -0.1) is 12.4 Å². The molecule has 0 aromatic rings. The summed E-state index contributed by atoms with van der Waals surface area (Å²) < 4.78 is 0. The summed E-state index contributed by atoms with van der Waals surface area (Å²) in [5.41, 5.74) is 0. The second kappa shape index (κ2) is 19.3. The number of nitriles is 1. The first kappa shape index (κ1) is 16.5. The molecule has 0 saturated heterocycles. The quantitative estimate of drug-likeness (QED) is 0.274. The minimum atomic E-state index is 0. The molecular weight excluding hydrogens is 117 g/mol. The fourth-order valence-corrected chi connectivity index (χ4v) is 0. The molecule has 0 saturated carbocycles. The molecule has 0 aliphatic heterocycles. The van der Waals surface area contributed by atoms with Crippen molar-refractivity contribution in [1.29, 1.82) is 5.26 Å². The molecule has 0 radical (unpaired) electrons. The third-order valence-electron chi connectivity index (χ3n) is 0. The molecule has 4 heteroatoms. The molecule has 0 fully saturated rings. The molecule has 0 bridgehead atoms. The van der Waals surface area contributed by atoms with Crippen molar-refractivity contribution in [2.45, 2.75) is 0 Å². The standard InChI is InChI=1S/CHNS.ClH.Na.H/c2-1-3;;;/h3H;1H;;. The third kappa shape index (κ3) is 39.4. The van der Waals surface area contributed by atoms with Crippen LogP contribution in [0.15, 0.2) is 0 Å². The average molecular weight is 120 g/mol. The van der Waals surface area contributed by atoms with Crippen LogP contribution in [0.25, 0.3) is 0 Å². The van der Waals surface area contributed by atoms with Gasteiger partial charge < -0.3 is 0 Å². The van der Waals surface area contributed by atoms with Crippen molar-refractivity contribution in [3.63, 3.8) is 0 Å². The van der Waals surface area contributed by atoms with E-state index in [4.69, 9.17) is 5.26 Å². The molecule has 0 aromatic heterocycles. The molecule has 1 nitrogen and oxygen atoms in total. The predicted molar refractivity (Wildman–Crippen MR) is 29.0 cm³/mol. The first-order valence-electron chi connectivity index (χ1n) is 0.447. The molecule has 0 unspecified atom stereocenters. The minimum absolute atomic E-state index is 0. The van der Waals surface area contributed by atoms with Gasteiger partial charge in [0.25, 0.3) is 0 Å². The van der Waals surface area contributed by atoms with Gasteiger partial charge in [0.1, 0.15) is 5.40 Å². The van der Waals surface area contributed by atoms with Crippen molar-refractivity contribution in [3.8, 4) is 5.40 Å². The zero-order chi connectivity index (χ0) is 2.71. The summed E-state index contributed by atoms with van der Waals surface area (Å²) in [7, 11) is 0. The van der Waals surface area contributed by atoms with Crippen LogP contribution in [-0.4, -0.2) is 29.6 Å². The first-order valence-corrected chi connectivity index (χ1v) is 0.894. The summed E-state index contributed by atoms with van der Waals surface area (Å²) in [6.45, 7) is 0. The SMILES string of the molecule is Cl.N#CS.[NaH]. The van der Waals surface area contributed by atoms with E-state index in [1.54, 1.807) is 0 Å². The zero-order valence-electron chi connectivity index (χ0n) is 1.80. The van der Waals surface area contributed by atoms with Gasteiger partial charge in [-0.05, 0) is 0 Å². The van der Waals surface area contributed by atoms with Crippen LogP contribution in [0.2, 0.25) is 0 Å². The van der Waals surface area contributed by atoms with E-state index < -0.39 is 0 Å². The van der Waals surface area contributed by atoms with E-state index in [1.165, 1.54) is 5.40 Å². The van der Waals surface area contributed by atoms with Crippen LogP contribution in [0.4, 0.5) is 0 Å². The molecular formula is CH3ClNNaS. The van der Waals surface area contributed by atoms with E-state index in [1.807, 2.05) is 0 Å². The molecule has 5 heavy (non-hydrogen) atoms. The van der Waals surface area contributed by atoms with E-state index in [0.29, 0.717) is 0 Å². The van der Waals surface area contributed by atoms with Gasteiger partial charge in [-0.3, -0.25) is 0 Å². The van der Waals surface area contributed by atoms with Gasteiger partial charge in [-0.1, -0.05) is 12.6 Å². The Hall–Kier alpha value is 1.13. The number of thiocyanates is 1. The number of hydrogen-bond acceptors (Lipinski definition) is 2. The van der Waals surface area contributed by atoms with Crippen molar-refractivity contribution >= 4 is 54.6 Å². The van der Waals surface area contributed by atoms with Crippen LogP contribution in [0.5, 0.6) is 0 Å². The second-order valence-electron chi connectivity index (χ2n) is 0.100. The summed E-state index contributed by atoms with van der Waals surface area (Å²) in [6, 6.07) is 0. The molecule has 26 valence electrons. The molecule has 0 spiro atoms. The van der Waals surface area contributed by atoms with Crippen molar-refractivity contribution in [2.24, 2.45) is 0 Å². The number of rotatable bonds is 0. The summed E-state index contributed by atoms with van der Waals surface area (Å²) in [4.78, 5) is 0. The van der Waals surface area contributed by atoms with Crippen LogP contribution in [-0.2, 0) is 0 Å². The summed E-state index contributed by atoms with van der Waals surface area (Å²) >= 11 is 3.09. The van der Waals surface area contributed by atoms with Gasteiger partial charge >= 0.3 is 29.6 Å². The molecule has 0 aliphatic rings. The molecule has 0 rings (SSSR count). The number of thiol groups is 1. The summed E-state index contributed by atoms with van der Waals surface area (Å²) in [5.74, 6) is 0. The third-order valence-corrected chi connectivity index (χ3v) is 0. The van der Waals surface area contributed by atoms with Crippen LogP contribution in [0.3, 0.4) is 0 Å². The van der Waals surface area contributed by atoms with E-state index in [9.17, 15) is 0 Å². The van der Waals surface area contributed by atoms with Crippen LogP contribution in [0.1, 0.15) is 0 Å².